The molecule has 0 aliphatic carbocycles. The minimum Gasteiger partial charge on any atom is -0.504 e. The summed E-state index contributed by atoms with van der Waals surface area (Å²) in [7, 11) is 0. The van der Waals surface area contributed by atoms with E-state index in [1.807, 2.05) is 0 Å². The normalized spacial score (nSPS) is 9.00. The van der Waals surface area contributed by atoms with E-state index in [1.54, 1.807) is 36.4 Å². The Morgan fingerprint density at radius 1 is 0.625 bits per heavy atom. The van der Waals surface area contributed by atoms with Crippen LogP contribution in [0.1, 0.15) is 0 Å². The van der Waals surface area contributed by atoms with Crippen LogP contribution in [0.3, 0.4) is 0 Å². The van der Waals surface area contributed by atoms with Gasteiger partial charge < -0.3 is 21.7 Å². The summed E-state index contributed by atoms with van der Waals surface area (Å²) in [6.45, 7) is 0. The molecule has 0 aromatic heterocycles. The molecule has 4 heteroatoms. The van der Waals surface area contributed by atoms with E-state index in [-0.39, 0.29) is 11.5 Å². The van der Waals surface area contributed by atoms with Crippen LogP contribution in [0.5, 0.6) is 11.5 Å². The van der Waals surface area contributed by atoms with Crippen LogP contribution in [0.15, 0.2) is 48.5 Å². The second-order valence-electron chi connectivity index (χ2n) is 3.16. The molecule has 0 unspecified atom stereocenters. The van der Waals surface area contributed by atoms with Gasteiger partial charge in [-0.15, -0.1) is 0 Å². The van der Waals surface area contributed by atoms with E-state index in [2.05, 4.69) is 0 Å². The predicted molar refractivity (Wildman–Crippen MR) is 65.0 cm³/mol. The fourth-order valence-corrected chi connectivity index (χ4v) is 0.960. The molecule has 0 aliphatic rings. The highest BCUT2D eigenvalue weighted by Crippen LogP contribution is 2.21. The largest absolute Gasteiger partial charge is 0.504 e. The maximum Gasteiger partial charge on any atom is 0.157 e. The van der Waals surface area contributed by atoms with Crippen LogP contribution < -0.4 is 11.5 Å². The number of hydrogen-bond acceptors (Lipinski definition) is 4. The van der Waals surface area contributed by atoms with Crippen LogP contribution in [-0.4, -0.2) is 10.2 Å². The molecule has 2 aromatic rings. The minimum absolute atomic E-state index is 0.0764. The first-order chi connectivity index (χ1) is 7.59. The fourth-order valence-electron chi connectivity index (χ4n) is 0.960. The number of aromatic hydroxyl groups is 2. The van der Waals surface area contributed by atoms with Gasteiger partial charge in [-0.2, -0.15) is 0 Å². The number of nitrogens with two attached hydrogens (primary N) is 2. The Morgan fingerprint density at radius 3 is 1.19 bits per heavy atom. The van der Waals surface area contributed by atoms with Crippen molar-refractivity contribution < 1.29 is 10.2 Å². The molecular formula is C12H14N2O2. The monoisotopic (exact) mass is 218 g/mol. The third-order valence-electron chi connectivity index (χ3n) is 1.82. The highest BCUT2D eigenvalue weighted by atomic mass is 16.3. The molecule has 0 amide bonds. The molecule has 0 atom stereocenters. The van der Waals surface area contributed by atoms with Crippen molar-refractivity contribution in [2.45, 2.75) is 0 Å². The van der Waals surface area contributed by atoms with Gasteiger partial charge in [0.05, 0.1) is 0 Å². The molecule has 0 bridgehead atoms. The first kappa shape index (κ1) is 11.7. The van der Waals surface area contributed by atoms with Crippen molar-refractivity contribution in [3.8, 4) is 11.5 Å². The second-order valence-corrected chi connectivity index (χ2v) is 3.16. The van der Waals surface area contributed by atoms with E-state index < -0.39 is 0 Å². The topological polar surface area (TPSA) is 92.5 Å². The zero-order chi connectivity index (χ0) is 12.0. The molecule has 0 spiro atoms. The summed E-state index contributed by atoms with van der Waals surface area (Å²) in [6, 6.07) is 13.2. The fraction of sp³-hybridized carbons (Fsp3) is 0. The van der Waals surface area contributed by atoms with Gasteiger partial charge in [-0.1, -0.05) is 12.1 Å². The van der Waals surface area contributed by atoms with E-state index in [4.69, 9.17) is 21.7 Å². The molecular weight excluding hydrogens is 204 g/mol. The van der Waals surface area contributed by atoms with Crippen LogP contribution in [0.2, 0.25) is 0 Å². The van der Waals surface area contributed by atoms with Crippen LogP contribution >= 0.6 is 0 Å². The van der Waals surface area contributed by atoms with Crippen LogP contribution in [0.4, 0.5) is 11.4 Å². The first-order valence-corrected chi connectivity index (χ1v) is 4.67. The van der Waals surface area contributed by atoms with E-state index in [9.17, 15) is 0 Å². The number of nitrogen functional groups attached to an aromatic ring is 2. The van der Waals surface area contributed by atoms with Crippen molar-refractivity contribution >= 4 is 11.4 Å². The van der Waals surface area contributed by atoms with Crippen molar-refractivity contribution in [3.63, 3.8) is 0 Å². The van der Waals surface area contributed by atoms with E-state index >= 15 is 0 Å². The molecule has 0 aliphatic heterocycles. The Bertz CT molecular complexity index is 399. The van der Waals surface area contributed by atoms with Gasteiger partial charge in [-0.05, 0) is 36.4 Å². The Morgan fingerprint density at radius 2 is 0.938 bits per heavy atom. The maximum absolute atomic E-state index is 8.67. The molecule has 84 valence electrons. The number of para-hydroxylation sites is 2. The Hall–Kier alpha value is -2.36. The summed E-state index contributed by atoms with van der Waals surface area (Å²) in [4.78, 5) is 0. The quantitative estimate of drug-likeness (QED) is 0.401. The lowest BCUT2D eigenvalue weighted by molar-refractivity contribution is 0.404. The van der Waals surface area contributed by atoms with Gasteiger partial charge in [0.25, 0.3) is 0 Å². The second kappa shape index (κ2) is 5.50. The lowest BCUT2D eigenvalue weighted by Gasteiger charge is -1.91. The molecule has 2 aromatic carbocycles. The summed E-state index contributed by atoms with van der Waals surface area (Å²) < 4.78 is 0. The summed E-state index contributed by atoms with van der Waals surface area (Å²) in [5.41, 5.74) is 12.2. The van der Waals surface area contributed by atoms with E-state index in [0.29, 0.717) is 0 Å². The van der Waals surface area contributed by atoms with Crippen LogP contribution in [0, 0.1) is 0 Å². The average molecular weight is 218 g/mol. The highest BCUT2D eigenvalue weighted by molar-refractivity contribution is 5.47. The van der Waals surface area contributed by atoms with Gasteiger partial charge in [-0.3, -0.25) is 0 Å². The number of phenolic OH excluding ortho intramolecular Hbond substituents is 2. The molecule has 4 nitrogen and oxygen atoms in total. The third-order valence-corrected chi connectivity index (χ3v) is 1.82. The summed E-state index contributed by atoms with van der Waals surface area (Å²) >= 11 is 0. The number of rotatable bonds is 0. The van der Waals surface area contributed by atoms with Gasteiger partial charge in [0, 0.05) is 11.4 Å². The van der Waals surface area contributed by atoms with E-state index in [1.165, 1.54) is 12.1 Å². The van der Waals surface area contributed by atoms with Gasteiger partial charge in [0.1, 0.15) is 0 Å². The SMILES string of the molecule is Nc1ccc(N)cc1.Oc1ccccc1O. The average Bonchev–Trinajstić information content (AvgIpc) is 2.28. The van der Waals surface area contributed by atoms with Crippen molar-refractivity contribution in [2.24, 2.45) is 0 Å². The number of hydrogen-bond donors (Lipinski definition) is 4. The molecule has 0 fully saturated rings. The lowest BCUT2D eigenvalue weighted by atomic mass is 10.3. The van der Waals surface area contributed by atoms with Crippen LogP contribution in [0.25, 0.3) is 0 Å². The van der Waals surface area contributed by atoms with E-state index in [0.717, 1.165) is 11.4 Å². The Balaban J connectivity index is 0.000000160. The molecule has 16 heavy (non-hydrogen) atoms. The number of anilines is 2. The number of benzene rings is 2. The molecule has 6 N–H and O–H groups in total. The molecule has 2 rings (SSSR count). The van der Waals surface area contributed by atoms with Gasteiger partial charge in [0.2, 0.25) is 0 Å². The maximum atomic E-state index is 8.67. The molecule has 0 heterocycles. The van der Waals surface area contributed by atoms with Crippen molar-refractivity contribution in [1.82, 2.24) is 0 Å². The Labute approximate surface area is 93.8 Å². The standard InChI is InChI=1S/C6H8N2.C6H6O2/c7-5-1-2-6(8)4-3-5;7-5-3-1-2-4-6(5)8/h1-4H,7-8H2;1-4,7-8H. The van der Waals surface area contributed by atoms with Gasteiger partial charge >= 0.3 is 0 Å². The predicted octanol–water partition coefficient (Wildman–Crippen LogP) is 1.95. The van der Waals surface area contributed by atoms with Crippen molar-refractivity contribution in [3.05, 3.63) is 48.5 Å². The summed E-state index contributed by atoms with van der Waals surface area (Å²) in [5, 5.41) is 17.3. The summed E-state index contributed by atoms with van der Waals surface area (Å²) in [6.07, 6.45) is 0. The lowest BCUT2D eigenvalue weighted by Crippen LogP contribution is -1.86. The van der Waals surface area contributed by atoms with Crippen molar-refractivity contribution in [2.75, 3.05) is 11.5 Å². The van der Waals surface area contributed by atoms with Crippen molar-refractivity contribution in [1.29, 1.82) is 0 Å². The summed E-state index contributed by atoms with van der Waals surface area (Å²) in [5.74, 6) is -0.153. The third kappa shape index (κ3) is 3.79. The number of phenols is 2. The molecule has 0 saturated carbocycles. The molecule has 0 radical (unpaired) electrons. The zero-order valence-corrected chi connectivity index (χ0v) is 8.67. The Kier molecular flexibility index (Phi) is 4.03. The highest BCUT2D eigenvalue weighted by Gasteiger charge is 1.90. The first-order valence-electron chi connectivity index (χ1n) is 4.67. The van der Waals surface area contributed by atoms with Crippen LogP contribution in [-0.2, 0) is 0 Å². The zero-order valence-electron chi connectivity index (χ0n) is 8.67. The molecule has 0 saturated heterocycles. The van der Waals surface area contributed by atoms with Gasteiger partial charge in [0.15, 0.2) is 11.5 Å². The minimum atomic E-state index is -0.0764. The van der Waals surface area contributed by atoms with Gasteiger partial charge in [-0.25, -0.2) is 0 Å². The smallest absolute Gasteiger partial charge is 0.157 e.